The van der Waals surface area contributed by atoms with Gasteiger partial charge in [-0.3, -0.25) is 0 Å². The zero-order chi connectivity index (χ0) is 6.69. The van der Waals surface area contributed by atoms with E-state index in [-0.39, 0.29) is 0 Å². The first kappa shape index (κ1) is 6.81. The lowest BCUT2D eigenvalue weighted by molar-refractivity contribution is 0.544. The summed E-state index contributed by atoms with van der Waals surface area (Å²) in [5.74, 6) is 0. The maximum absolute atomic E-state index is 3.48. The molecule has 0 saturated heterocycles. The molecule has 2 atom stereocenters. The van der Waals surface area contributed by atoms with Crippen molar-refractivity contribution < 1.29 is 0 Å². The zero-order valence-corrected chi connectivity index (χ0v) is 6.22. The third kappa shape index (κ3) is 1.55. The van der Waals surface area contributed by atoms with E-state index in [4.69, 9.17) is 0 Å². The largest absolute Gasteiger partial charge is 0.304 e. The lowest BCUT2D eigenvalue weighted by Gasteiger charge is -2.09. The van der Waals surface area contributed by atoms with E-state index in [2.05, 4.69) is 31.3 Å². The molecular formula is C8H15N. The maximum Gasteiger partial charge on any atom is 0.0253 e. The molecule has 9 heavy (non-hydrogen) atoms. The molecule has 0 aliphatic carbocycles. The highest BCUT2D eigenvalue weighted by molar-refractivity contribution is 5.07. The summed E-state index contributed by atoms with van der Waals surface area (Å²) in [6.07, 6.45) is 6.97. The van der Waals surface area contributed by atoms with Crippen LogP contribution in [0, 0.1) is 0 Å². The third-order valence-electron chi connectivity index (χ3n) is 1.88. The van der Waals surface area contributed by atoms with Crippen LogP contribution in [0.15, 0.2) is 12.2 Å². The molecule has 0 radical (unpaired) electrons. The van der Waals surface area contributed by atoms with E-state index in [1.807, 2.05) is 0 Å². The van der Waals surface area contributed by atoms with Gasteiger partial charge in [0, 0.05) is 12.1 Å². The second-order valence-corrected chi connectivity index (χ2v) is 2.58. The smallest absolute Gasteiger partial charge is 0.0253 e. The highest BCUT2D eigenvalue weighted by Crippen LogP contribution is 2.07. The van der Waals surface area contributed by atoms with Gasteiger partial charge >= 0.3 is 0 Å². The highest BCUT2D eigenvalue weighted by Gasteiger charge is 2.12. The van der Waals surface area contributed by atoms with Crippen LogP contribution in [-0.4, -0.2) is 12.1 Å². The molecule has 1 aliphatic heterocycles. The number of nitrogens with one attached hydrogen (secondary N) is 1. The highest BCUT2D eigenvalue weighted by atomic mass is 15.0. The Kier molecular flexibility index (Phi) is 2.29. The Morgan fingerprint density at radius 1 is 1.11 bits per heavy atom. The molecule has 1 heteroatoms. The van der Waals surface area contributed by atoms with Crippen molar-refractivity contribution in [3.8, 4) is 0 Å². The van der Waals surface area contributed by atoms with E-state index < -0.39 is 0 Å². The van der Waals surface area contributed by atoms with Crippen molar-refractivity contribution in [2.24, 2.45) is 0 Å². The minimum atomic E-state index is 0.648. The Hall–Kier alpha value is -0.300. The minimum Gasteiger partial charge on any atom is -0.304 e. The summed E-state index contributed by atoms with van der Waals surface area (Å²) in [7, 11) is 0. The zero-order valence-electron chi connectivity index (χ0n) is 6.22. The van der Waals surface area contributed by atoms with Crippen molar-refractivity contribution in [3.63, 3.8) is 0 Å². The van der Waals surface area contributed by atoms with Gasteiger partial charge in [-0.05, 0) is 12.8 Å². The van der Waals surface area contributed by atoms with Gasteiger partial charge in [-0.15, -0.1) is 0 Å². The molecule has 0 aromatic rings. The Bertz CT molecular complexity index is 95.1. The van der Waals surface area contributed by atoms with Gasteiger partial charge in [-0.2, -0.15) is 0 Å². The number of hydrogen-bond acceptors (Lipinski definition) is 1. The van der Waals surface area contributed by atoms with Crippen molar-refractivity contribution in [3.05, 3.63) is 12.2 Å². The molecule has 0 unspecified atom stereocenters. The third-order valence-corrected chi connectivity index (χ3v) is 1.88. The fraction of sp³-hybridized carbons (Fsp3) is 0.750. The van der Waals surface area contributed by atoms with Crippen LogP contribution in [0.5, 0.6) is 0 Å². The average molecular weight is 125 g/mol. The summed E-state index contributed by atoms with van der Waals surface area (Å²) in [5, 5.41) is 3.48. The van der Waals surface area contributed by atoms with Gasteiger partial charge in [0.1, 0.15) is 0 Å². The van der Waals surface area contributed by atoms with Crippen molar-refractivity contribution in [2.75, 3.05) is 0 Å². The molecule has 0 spiro atoms. The molecule has 0 bridgehead atoms. The fourth-order valence-electron chi connectivity index (χ4n) is 1.16. The first-order valence-corrected chi connectivity index (χ1v) is 3.81. The van der Waals surface area contributed by atoms with Crippen LogP contribution in [0.1, 0.15) is 26.7 Å². The molecule has 0 amide bonds. The number of hydrogen-bond donors (Lipinski definition) is 1. The molecule has 1 N–H and O–H groups in total. The normalized spacial score (nSPS) is 33.6. The van der Waals surface area contributed by atoms with Gasteiger partial charge in [-0.25, -0.2) is 0 Å². The summed E-state index contributed by atoms with van der Waals surface area (Å²) in [6, 6.07) is 1.30. The van der Waals surface area contributed by atoms with Crippen molar-refractivity contribution in [1.82, 2.24) is 5.32 Å². The van der Waals surface area contributed by atoms with E-state index in [1.54, 1.807) is 0 Å². The summed E-state index contributed by atoms with van der Waals surface area (Å²) >= 11 is 0. The number of rotatable bonds is 2. The summed E-state index contributed by atoms with van der Waals surface area (Å²) < 4.78 is 0. The standard InChI is InChI=1S/C8H15N/c1-3-7-5-6-8(4-2)9-7/h5-9H,3-4H2,1-2H3/t7-,8+. The molecule has 1 aliphatic rings. The van der Waals surface area contributed by atoms with E-state index in [9.17, 15) is 0 Å². The van der Waals surface area contributed by atoms with Gasteiger partial charge in [0.05, 0.1) is 0 Å². The fourth-order valence-corrected chi connectivity index (χ4v) is 1.16. The maximum atomic E-state index is 3.48. The van der Waals surface area contributed by atoms with Crippen LogP contribution >= 0.6 is 0 Å². The van der Waals surface area contributed by atoms with Gasteiger partial charge in [0.15, 0.2) is 0 Å². The molecule has 52 valence electrons. The predicted octanol–water partition coefficient (Wildman–Crippen LogP) is 1.70. The molecule has 1 heterocycles. The summed E-state index contributed by atoms with van der Waals surface area (Å²) in [5.41, 5.74) is 0. The van der Waals surface area contributed by atoms with Crippen LogP contribution in [-0.2, 0) is 0 Å². The van der Waals surface area contributed by atoms with E-state index >= 15 is 0 Å². The van der Waals surface area contributed by atoms with Crippen LogP contribution in [0.25, 0.3) is 0 Å². The lowest BCUT2D eigenvalue weighted by atomic mass is 10.2. The quantitative estimate of drug-likeness (QED) is 0.554. The second kappa shape index (κ2) is 3.02. The van der Waals surface area contributed by atoms with Gasteiger partial charge < -0.3 is 5.32 Å². The van der Waals surface area contributed by atoms with Gasteiger partial charge in [0.2, 0.25) is 0 Å². The monoisotopic (exact) mass is 125 g/mol. The lowest BCUT2D eigenvalue weighted by Crippen LogP contribution is -2.29. The SMILES string of the molecule is CC[C@H]1C=C[C@@H](CC)N1. The van der Waals surface area contributed by atoms with Crippen LogP contribution in [0.2, 0.25) is 0 Å². The summed E-state index contributed by atoms with van der Waals surface area (Å²) in [4.78, 5) is 0. The van der Waals surface area contributed by atoms with E-state index in [0.717, 1.165) is 0 Å². The van der Waals surface area contributed by atoms with E-state index in [1.165, 1.54) is 12.8 Å². The van der Waals surface area contributed by atoms with Crippen LogP contribution in [0.4, 0.5) is 0 Å². The molecule has 0 fully saturated rings. The summed E-state index contributed by atoms with van der Waals surface area (Å²) in [6.45, 7) is 4.42. The van der Waals surface area contributed by atoms with E-state index in [0.29, 0.717) is 12.1 Å². The van der Waals surface area contributed by atoms with Crippen molar-refractivity contribution in [2.45, 2.75) is 38.8 Å². The Labute approximate surface area is 57.1 Å². The molecule has 1 nitrogen and oxygen atoms in total. The van der Waals surface area contributed by atoms with Gasteiger partial charge in [-0.1, -0.05) is 26.0 Å². The van der Waals surface area contributed by atoms with Gasteiger partial charge in [0.25, 0.3) is 0 Å². The Morgan fingerprint density at radius 2 is 1.56 bits per heavy atom. The Balaban J connectivity index is 2.31. The molecule has 0 aromatic heterocycles. The minimum absolute atomic E-state index is 0.648. The predicted molar refractivity (Wildman–Crippen MR) is 40.4 cm³/mol. The van der Waals surface area contributed by atoms with Crippen LogP contribution < -0.4 is 5.32 Å². The van der Waals surface area contributed by atoms with Crippen LogP contribution in [0.3, 0.4) is 0 Å². The van der Waals surface area contributed by atoms with Crippen molar-refractivity contribution >= 4 is 0 Å². The average Bonchev–Trinajstić information content (AvgIpc) is 2.34. The first-order chi connectivity index (χ1) is 4.36. The molecule has 0 aromatic carbocycles. The second-order valence-electron chi connectivity index (χ2n) is 2.58. The molecule has 1 rings (SSSR count). The Morgan fingerprint density at radius 3 is 1.78 bits per heavy atom. The first-order valence-electron chi connectivity index (χ1n) is 3.81. The van der Waals surface area contributed by atoms with Crippen molar-refractivity contribution in [1.29, 1.82) is 0 Å². The molecular weight excluding hydrogens is 110 g/mol. The topological polar surface area (TPSA) is 12.0 Å². The molecule has 0 saturated carbocycles.